The topological polar surface area (TPSA) is 49.5 Å². The van der Waals surface area contributed by atoms with Crippen molar-refractivity contribution in [2.75, 3.05) is 26.2 Å². The molecule has 0 aromatic heterocycles. The van der Waals surface area contributed by atoms with E-state index in [1.807, 2.05) is 0 Å². The van der Waals surface area contributed by atoms with E-state index < -0.39 is 5.60 Å². The van der Waals surface area contributed by atoms with Gasteiger partial charge in [0, 0.05) is 19.6 Å². The molecule has 1 saturated carbocycles. The third-order valence-corrected chi connectivity index (χ3v) is 4.44. The minimum absolute atomic E-state index is 0.417. The molecular formula is C13H26N2O. The van der Waals surface area contributed by atoms with Crippen LogP contribution >= 0.6 is 0 Å². The Morgan fingerprint density at radius 1 is 1.38 bits per heavy atom. The van der Waals surface area contributed by atoms with Crippen LogP contribution in [-0.4, -0.2) is 41.8 Å². The molecule has 0 bridgehead atoms. The van der Waals surface area contributed by atoms with Crippen LogP contribution < -0.4 is 5.73 Å². The van der Waals surface area contributed by atoms with Gasteiger partial charge >= 0.3 is 0 Å². The van der Waals surface area contributed by atoms with Crippen molar-refractivity contribution in [3.05, 3.63) is 0 Å². The van der Waals surface area contributed by atoms with Gasteiger partial charge in [0.2, 0.25) is 0 Å². The number of nitrogens with two attached hydrogens (primary N) is 1. The van der Waals surface area contributed by atoms with Gasteiger partial charge in [0.05, 0.1) is 5.60 Å². The van der Waals surface area contributed by atoms with Crippen molar-refractivity contribution in [1.82, 2.24) is 4.90 Å². The van der Waals surface area contributed by atoms with E-state index in [4.69, 9.17) is 5.73 Å². The zero-order valence-electron chi connectivity index (χ0n) is 10.7. The molecule has 16 heavy (non-hydrogen) atoms. The van der Waals surface area contributed by atoms with E-state index in [9.17, 15) is 5.11 Å². The summed E-state index contributed by atoms with van der Waals surface area (Å²) in [5.74, 6) is 2.04. The van der Waals surface area contributed by atoms with Gasteiger partial charge in [-0.1, -0.05) is 13.8 Å². The molecule has 0 amide bonds. The number of aliphatic hydroxyl groups is 1. The zero-order chi connectivity index (χ0) is 11.8. The highest BCUT2D eigenvalue weighted by Gasteiger charge is 2.44. The molecule has 94 valence electrons. The molecule has 0 radical (unpaired) electrons. The summed E-state index contributed by atoms with van der Waals surface area (Å²) in [5, 5.41) is 10.5. The lowest BCUT2D eigenvalue weighted by Gasteiger charge is -2.31. The summed E-state index contributed by atoms with van der Waals surface area (Å²) in [6.07, 6.45) is 3.60. The van der Waals surface area contributed by atoms with Crippen molar-refractivity contribution in [2.24, 2.45) is 23.5 Å². The van der Waals surface area contributed by atoms with Crippen molar-refractivity contribution in [3.8, 4) is 0 Å². The smallest absolute Gasteiger partial charge is 0.0923 e. The van der Waals surface area contributed by atoms with Crippen LogP contribution in [0.5, 0.6) is 0 Å². The normalized spacial score (nSPS) is 30.9. The summed E-state index contributed by atoms with van der Waals surface area (Å²) in [4.78, 5) is 2.41. The molecule has 1 heterocycles. The van der Waals surface area contributed by atoms with Crippen molar-refractivity contribution in [3.63, 3.8) is 0 Å². The molecule has 1 aliphatic carbocycles. The molecule has 0 spiro atoms. The summed E-state index contributed by atoms with van der Waals surface area (Å²) in [6, 6.07) is 0. The monoisotopic (exact) mass is 226 g/mol. The molecule has 2 fully saturated rings. The van der Waals surface area contributed by atoms with Gasteiger partial charge in [-0.3, -0.25) is 0 Å². The van der Waals surface area contributed by atoms with Crippen LogP contribution in [0, 0.1) is 17.8 Å². The van der Waals surface area contributed by atoms with Crippen molar-refractivity contribution in [2.45, 2.75) is 38.7 Å². The summed E-state index contributed by atoms with van der Waals surface area (Å²) >= 11 is 0. The fraction of sp³-hybridized carbons (Fsp3) is 1.00. The predicted octanol–water partition coefficient (Wildman–Crippen LogP) is 1.06. The van der Waals surface area contributed by atoms with E-state index in [0.717, 1.165) is 44.3 Å². The lowest BCUT2D eigenvalue weighted by atomic mass is 9.95. The summed E-state index contributed by atoms with van der Waals surface area (Å²) < 4.78 is 0. The number of hydrogen-bond acceptors (Lipinski definition) is 3. The minimum Gasteiger partial charge on any atom is -0.387 e. The molecule has 0 aromatic carbocycles. The first-order valence-corrected chi connectivity index (χ1v) is 6.70. The van der Waals surface area contributed by atoms with Crippen LogP contribution in [0.3, 0.4) is 0 Å². The second kappa shape index (κ2) is 4.63. The van der Waals surface area contributed by atoms with E-state index in [1.54, 1.807) is 0 Å². The average Bonchev–Trinajstić information content (AvgIpc) is 3.00. The quantitative estimate of drug-likeness (QED) is 0.737. The second-order valence-corrected chi connectivity index (χ2v) is 6.11. The number of β-amino-alcohol motifs (C(OH)–C–C–N with tert-alkyl or cyclic N) is 1. The molecule has 2 aliphatic rings. The van der Waals surface area contributed by atoms with Gasteiger partial charge in [-0.2, -0.15) is 0 Å². The number of hydrogen-bond donors (Lipinski definition) is 2. The molecule has 1 aliphatic heterocycles. The Morgan fingerprint density at radius 2 is 2.06 bits per heavy atom. The Bertz CT molecular complexity index is 240. The SMILES string of the molecule is CC(C)C1CCN(CC(O)(CN)C2CC2)C1. The Morgan fingerprint density at radius 3 is 2.50 bits per heavy atom. The number of likely N-dealkylation sites (tertiary alicyclic amines) is 1. The van der Waals surface area contributed by atoms with Gasteiger partial charge < -0.3 is 15.7 Å². The summed E-state index contributed by atoms with van der Waals surface area (Å²) in [5.41, 5.74) is 5.14. The molecule has 3 nitrogen and oxygen atoms in total. The van der Waals surface area contributed by atoms with E-state index in [1.165, 1.54) is 6.42 Å². The fourth-order valence-electron chi connectivity index (χ4n) is 2.92. The maximum atomic E-state index is 10.5. The van der Waals surface area contributed by atoms with Crippen LogP contribution in [0.15, 0.2) is 0 Å². The standard InChI is InChI=1S/C13H26N2O/c1-10(2)11-5-6-15(7-11)9-13(16,8-14)12-3-4-12/h10-12,16H,3-9,14H2,1-2H3. The van der Waals surface area contributed by atoms with E-state index in [-0.39, 0.29) is 0 Å². The highest BCUT2D eigenvalue weighted by molar-refractivity contribution is 4.98. The number of rotatable bonds is 5. The minimum atomic E-state index is -0.605. The lowest BCUT2D eigenvalue weighted by molar-refractivity contribution is -0.00386. The van der Waals surface area contributed by atoms with Crippen molar-refractivity contribution >= 4 is 0 Å². The van der Waals surface area contributed by atoms with Crippen LogP contribution in [0.2, 0.25) is 0 Å². The van der Waals surface area contributed by atoms with Gasteiger partial charge in [0.15, 0.2) is 0 Å². The molecule has 2 unspecified atom stereocenters. The predicted molar refractivity (Wildman–Crippen MR) is 66.1 cm³/mol. The molecule has 3 heteroatoms. The average molecular weight is 226 g/mol. The maximum Gasteiger partial charge on any atom is 0.0923 e. The summed E-state index contributed by atoms with van der Waals surface area (Å²) in [7, 11) is 0. The Kier molecular flexibility index (Phi) is 3.57. The highest BCUT2D eigenvalue weighted by Crippen LogP contribution is 2.40. The van der Waals surface area contributed by atoms with Gasteiger partial charge in [0.25, 0.3) is 0 Å². The first-order valence-electron chi connectivity index (χ1n) is 6.70. The Labute approximate surface area is 99.0 Å². The van der Waals surface area contributed by atoms with Crippen molar-refractivity contribution < 1.29 is 5.11 Å². The van der Waals surface area contributed by atoms with Crippen molar-refractivity contribution in [1.29, 1.82) is 0 Å². The van der Waals surface area contributed by atoms with Gasteiger partial charge in [-0.05, 0) is 43.6 Å². The van der Waals surface area contributed by atoms with E-state index >= 15 is 0 Å². The van der Waals surface area contributed by atoms with Gasteiger partial charge in [-0.25, -0.2) is 0 Å². The zero-order valence-corrected chi connectivity index (χ0v) is 10.7. The Hall–Kier alpha value is -0.120. The molecule has 2 atom stereocenters. The van der Waals surface area contributed by atoms with Gasteiger partial charge in [-0.15, -0.1) is 0 Å². The third-order valence-electron chi connectivity index (χ3n) is 4.44. The van der Waals surface area contributed by atoms with E-state index in [0.29, 0.717) is 12.5 Å². The van der Waals surface area contributed by atoms with Gasteiger partial charge in [0.1, 0.15) is 0 Å². The first-order chi connectivity index (χ1) is 7.55. The second-order valence-electron chi connectivity index (χ2n) is 6.11. The lowest BCUT2D eigenvalue weighted by Crippen LogP contribution is -2.49. The third kappa shape index (κ3) is 2.58. The number of nitrogens with zero attached hydrogens (tertiary/aromatic N) is 1. The van der Waals surface area contributed by atoms with Crippen LogP contribution in [0.1, 0.15) is 33.1 Å². The highest BCUT2D eigenvalue weighted by atomic mass is 16.3. The first kappa shape index (κ1) is 12.3. The largest absolute Gasteiger partial charge is 0.387 e. The Balaban J connectivity index is 1.85. The van der Waals surface area contributed by atoms with Crippen LogP contribution in [-0.2, 0) is 0 Å². The van der Waals surface area contributed by atoms with Crippen LogP contribution in [0.25, 0.3) is 0 Å². The molecule has 3 N–H and O–H groups in total. The summed E-state index contributed by atoms with van der Waals surface area (Å²) in [6.45, 7) is 8.08. The molecule has 1 saturated heterocycles. The van der Waals surface area contributed by atoms with Crippen LogP contribution in [0.4, 0.5) is 0 Å². The van der Waals surface area contributed by atoms with E-state index in [2.05, 4.69) is 18.7 Å². The molecular weight excluding hydrogens is 200 g/mol. The molecule has 2 rings (SSSR count). The molecule has 0 aromatic rings. The maximum absolute atomic E-state index is 10.5. The fourth-order valence-corrected chi connectivity index (χ4v) is 2.92.